The van der Waals surface area contributed by atoms with Gasteiger partial charge < -0.3 is 15.8 Å². The summed E-state index contributed by atoms with van der Waals surface area (Å²) >= 11 is 0. The molecule has 0 atom stereocenters. The maximum absolute atomic E-state index is 13.6. The van der Waals surface area contributed by atoms with E-state index in [9.17, 15) is 13.6 Å². The number of hydrogen-bond acceptors (Lipinski definition) is 3. The van der Waals surface area contributed by atoms with Crippen LogP contribution in [0.5, 0.6) is 5.75 Å². The maximum Gasteiger partial charge on any atom is 0.264 e. The first kappa shape index (κ1) is 21.0. The molecule has 0 heterocycles. The molecule has 0 saturated heterocycles. The van der Waals surface area contributed by atoms with E-state index in [2.05, 4.69) is 11.9 Å². The Morgan fingerprint density at radius 1 is 0.933 bits per heavy atom. The Balaban J connectivity index is 1.82. The lowest BCUT2D eigenvalue weighted by Crippen LogP contribution is -2.24. The van der Waals surface area contributed by atoms with Crippen LogP contribution < -0.4 is 15.8 Å². The second-order valence-corrected chi connectivity index (χ2v) is 6.86. The van der Waals surface area contributed by atoms with E-state index in [-0.39, 0.29) is 23.9 Å². The molecular weight excluding hydrogens is 386 g/mol. The maximum atomic E-state index is 13.6. The van der Waals surface area contributed by atoms with E-state index in [1.807, 2.05) is 18.2 Å². The highest BCUT2D eigenvalue weighted by atomic mass is 19.1. The average molecular weight is 408 g/mol. The SMILES string of the molecule is C=C(NCc1ccc(OCc2cccc(F)c2)c(Cc2cccc(F)c2)c1)C(N)=O. The van der Waals surface area contributed by atoms with Crippen molar-refractivity contribution in [2.45, 2.75) is 19.6 Å². The molecule has 3 N–H and O–H groups in total. The van der Waals surface area contributed by atoms with Gasteiger partial charge in [0, 0.05) is 13.0 Å². The van der Waals surface area contributed by atoms with Crippen molar-refractivity contribution in [3.8, 4) is 5.75 Å². The number of nitrogens with two attached hydrogens (primary N) is 1. The zero-order valence-corrected chi connectivity index (χ0v) is 16.3. The highest BCUT2D eigenvalue weighted by molar-refractivity contribution is 5.90. The molecule has 3 aromatic rings. The van der Waals surface area contributed by atoms with Crippen LogP contribution in [0.3, 0.4) is 0 Å². The average Bonchev–Trinajstić information content (AvgIpc) is 2.71. The molecule has 154 valence electrons. The van der Waals surface area contributed by atoms with Crippen LogP contribution in [0, 0.1) is 11.6 Å². The van der Waals surface area contributed by atoms with Crippen molar-refractivity contribution in [3.05, 3.63) is 113 Å². The van der Waals surface area contributed by atoms with Crippen molar-refractivity contribution in [1.29, 1.82) is 0 Å². The highest BCUT2D eigenvalue weighted by Crippen LogP contribution is 2.25. The van der Waals surface area contributed by atoms with E-state index in [0.29, 0.717) is 24.3 Å². The Kier molecular flexibility index (Phi) is 6.80. The molecule has 6 heteroatoms. The van der Waals surface area contributed by atoms with E-state index in [0.717, 1.165) is 16.7 Å². The molecule has 0 radical (unpaired) electrons. The van der Waals surface area contributed by atoms with Crippen LogP contribution in [0.15, 0.2) is 79.0 Å². The molecule has 0 spiro atoms. The van der Waals surface area contributed by atoms with Crippen LogP contribution >= 0.6 is 0 Å². The quantitative estimate of drug-likeness (QED) is 0.521. The number of ether oxygens (including phenoxy) is 1. The number of amides is 1. The molecule has 0 aliphatic rings. The molecule has 3 aromatic carbocycles. The first-order valence-electron chi connectivity index (χ1n) is 9.37. The Bertz CT molecular complexity index is 1070. The summed E-state index contributed by atoms with van der Waals surface area (Å²) in [6, 6.07) is 18.1. The summed E-state index contributed by atoms with van der Waals surface area (Å²) in [5.74, 6) is -0.650. The number of benzene rings is 3. The fourth-order valence-corrected chi connectivity index (χ4v) is 2.97. The highest BCUT2D eigenvalue weighted by Gasteiger charge is 2.09. The predicted molar refractivity (Wildman–Crippen MR) is 112 cm³/mol. The normalized spacial score (nSPS) is 10.5. The van der Waals surface area contributed by atoms with Crippen LogP contribution in [0.25, 0.3) is 0 Å². The van der Waals surface area contributed by atoms with E-state index in [1.54, 1.807) is 24.3 Å². The minimum atomic E-state index is -0.620. The Morgan fingerprint density at radius 3 is 2.27 bits per heavy atom. The van der Waals surface area contributed by atoms with Gasteiger partial charge in [-0.3, -0.25) is 4.79 Å². The molecule has 0 aromatic heterocycles. The Hall–Kier alpha value is -3.67. The van der Waals surface area contributed by atoms with Gasteiger partial charge in [-0.05, 0) is 52.6 Å². The number of rotatable bonds is 9. The number of primary amides is 1. The van der Waals surface area contributed by atoms with Crippen molar-refractivity contribution in [1.82, 2.24) is 5.32 Å². The lowest BCUT2D eigenvalue weighted by Gasteiger charge is -2.15. The Morgan fingerprint density at radius 2 is 1.60 bits per heavy atom. The van der Waals surface area contributed by atoms with Gasteiger partial charge in [-0.1, -0.05) is 43.0 Å². The van der Waals surface area contributed by atoms with E-state index >= 15 is 0 Å². The lowest BCUT2D eigenvalue weighted by molar-refractivity contribution is -0.114. The number of hydrogen-bond donors (Lipinski definition) is 2. The molecule has 4 nitrogen and oxygen atoms in total. The number of nitrogens with one attached hydrogen (secondary N) is 1. The molecule has 0 fully saturated rings. The summed E-state index contributed by atoms with van der Waals surface area (Å²) in [5, 5.41) is 2.87. The molecule has 30 heavy (non-hydrogen) atoms. The van der Waals surface area contributed by atoms with Gasteiger partial charge in [0.1, 0.15) is 24.0 Å². The van der Waals surface area contributed by atoms with Crippen LogP contribution in [-0.2, 0) is 24.4 Å². The molecule has 0 aliphatic heterocycles. The fraction of sp³-hybridized carbons (Fsp3) is 0.125. The molecule has 3 rings (SSSR count). The van der Waals surface area contributed by atoms with Crippen molar-refractivity contribution in [3.63, 3.8) is 0 Å². The van der Waals surface area contributed by atoms with Crippen molar-refractivity contribution in [2.24, 2.45) is 5.73 Å². The van der Waals surface area contributed by atoms with E-state index < -0.39 is 5.91 Å². The van der Waals surface area contributed by atoms with Gasteiger partial charge in [0.15, 0.2) is 0 Å². The number of halogens is 2. The molecule has 0 bridgehead atoms. The summed E-state index contributed by atoms with van der Waals surface area (Å²) in [6.07, 6.45) is 0.445. The lowest BCUT2D eigenvalue weighted by atomic mass is 10.0. The largest absolute Gasteiger partial charge is 0.489 e. The molecule has 0 unspecified atom stereocenters. The van der Waals surface area contributed by atoms with Gasteiger partial charge >= 0.3 is 0 Å². The molecule has 0 aliphatic carbocycles. The van der Waals surface area contributed by atoms with Crippen LogP contribution in [-0.4, -0.2) is 5.91 Å². The molecular formula is C24H22F2N2O2. The van der Waals surface area contributed by atoms with Gasteiger partial charge in [-0.25, -0.2) is 8.78 Å². The second-order valence-electron chi connectivity index (χ2n) is 6.86. The van der Waals surface area contributed by atoms with Crippen molar-refractivity contribution < 1.29 is 18.3 Å². The third-order valence-corrected chi connectivity index (χ3v) is 4.50. The van der Waals surface area contributed by atoms with Crippen LogP contribution in [0.2, 0.25) is 0 Å². The van der Waals surface area contributed by atoms with Crippen LogP contribution in [0.1, 0.15) is 22.3 Å². The summed E-state index contributed by atoms with van der Waals surface area (Å²) in [5.41, 5.74) is 8.52. The molecule has 1 amide bonds. The first-order valence-corrected chi connectivity index (χ1v) is 9.37. The van der Waals surface area contributed by atoms with Gasteiger partial charge in [-0.2, -0.15) is 0 Å². The predicted octanol–water partition coefficient (Wildman–Crippen LogP) is 4.22. The summed E-state index contributed by atoms with van der Waals surface area (Å²) < 4.78 is 33.0. The second kappa shape index (κ2) is 9.69. The monoisotopic (exact) mass is 408 g/mol. The number of carbonyl (C=O) groups excluding carboxylic acids is 1. The topological polar surface area (TPSA) is 64.3 Å². The minimum absolute atomic E-state index is 0.119. The zero-order valence-electron chi connectivity index (χ0n) is 16.3. The summed E-state index contributed by atoms with van der Waals surface area (Å²) in [7, 11) is 0. The van der Waals surface area contributed by atoms with Crippen LogP contribution in [0.4, 0.5) is 8.78 Å². The summed E-state index contributed by atoms with van der Waals surface area (Å²) in [6.45, 7) is 4.12. The van der Waals surface area contributed by atoms with E-state index in [1.165, 1.54) is 24.3 Å². The third kappa shape index (κ3) is 5.91. The number of carbonyl (C=O) groups is 1. The first-order chi connectivity index (χ1) is 14.4. The summed E-state index contributed by atoms with van der Waals surface area (Å²) in [4.78, 5) is 11.1. The van der Waals surface area contributed by atoms with Crippen molar-refractivity contribution >= 4 is 5.91 Å². The third-order valence-electron chi connectivity index (χ3n) is 4.50. The van der Waals surface area contributed by atoms with Gasteiger partial charge in [-0.15, -0.1) is 0 Å². The minimum Gasteiger partial charge on any atom is -0.489 e. The Labute approximate surface area is 174 Å². The standard InChI is InChI=1S/C24H22F2N2O2/c1-16(24(27)29)28-14-18-8-9-23(30-15-19-5-3-7-22(26)13-19)20(11-18)10-17-4-2-6-21(25)12-17/h2-9,11-13,28H,1,10,14-15H2,(H2,27,29). The van der Waals surface area contributed by atoms with E-state index in [4.69, 9.17) is 10.5 Å². The van der Waals surface area contributed by atoms with Gasteiger partial charge in [0.2, 0.25) is 0 Å². The fourth-order valence-electron chi connectivity index (χ4n) is 2.97. The van der Waals surface area contributed by atoms with Crippen molar-refractivity contribution in [2.75, 3.05) is 0 Å². The smallest absolute Gasteiger partial charge is 0.264 e. The zero-order chi connectivity index (χ0) is 21.5. The van der Waals surface area contributed by atoms with Gasteiger partial charge in [0.05, 0.1) is 5.70 Å². The van der Waals surface area contributed by atoms with Gasteiger partial charge in [0.25, 0.3) is 5.91 Å². The molecule has 0 saturated carbocycles.